The van der Waals surface area contributed by atoms with Crippen LogP contribution < -0.4 is 33.8 Å². The number of rotatable bonds is 11. The van der Waals surface area contributed by atoms with Crippen molar-refractivity contribution < 1.29 is 28.7 Å². The number of hydrogen-bond donors (Lipinski definition) is 0. The summed E-state index contributed by atoms with van der Waals surface area (Å²) in [6.07, 6.45) is 2.02. The number of carbonyl (C=O) groups is 1. The fourth-order valence-corrected chi connectivity index (χ4v) is 6.18. The van der Waals surface area contributed by atoms with Gasteiger partial charge in [0.05, 0.1) is 36.8 Å². The van der Waals surface area contributed by atoms with Crippen molar-refractivity contribution in [2.75, 3.05) is 21.3 Å². The lowest BCUT2D eigenvalue weighted by molar-refractivity contribution is -0.384. The molecule has 2 heterocycles. The molecule has 1 aromatic heterocycles. The molecule has 12 heteroatoms. The monoisotopic (exact) mass is 629 g/mol. The molecule has 4 aromatic rings. The van der Waals surface area contributed by atoms with Gasteiger partial charge in [0.15, 0.2) is 22.1 Å². The van der Waals surface area contributed by atoms with Crippen molar-refractivity contribution in [2.45, 2.75) is 32.9 Å². The standard InChI is InChI=1S/C33H31N3O8S/c1-6-25(37)29-19(2)34-33-35(30(29)22-16-26(41-3)31(43-5)27(17-22)42-4)32(38)28(45-33)15-20-9-13-24(14-10-20)44-18-21-7-11-23(12-8-21)36(39)40/h7-17,30H,6,18H2,1-5H3/b28-15-. The van der Waals surface area contributed by atoms with Crippen molar-refractivity contribution in [3.8, 4) is 23.0 Å². The molecule has 0 fully saturated rings. The highest BCUT2D eigenvalue weighted by Gasteiger charge is 2.33. The fraction of sp³-hybridized carbons (Fsp3) is 0.242. The third-order valence-electron chi connectivity index (χ3n) is 7.38. The summed E-state index contributed by atoms with van der Waals surface area (Å²) < 4.78 is 24.5. The van der Waals surface area contributed by atoms with Gasteiger partial charge >= 0.3 is 0 Å². The quantitative estimate of drug-likeness (QED) is 0.172. The summed E-state index contributed by atoms with van der Waals surface area (Å²) in [5, 5.41) is 10.9. The number of nitrogens with zero attached hydrogens (tertiary/aromatic N) is 3. The first-order valence-corrected chi connectivity index (χ1v) is 14.8. The van der Waals surface area contributed by atoms with Crippen LogP contribution in [0.3, 0.4) is 0 Å². The second-order valence-corrected chi connectivity index (χ2v) is 11.1. The van der Waals surface area contributed by atoms with E-state index in [9.17, 15) is 19.7 Å². The van der Waals surface area contributed by atoms with Gasteiger partial charge in [0.25, 0.3) is 11.2 Å². The molecule has 0 radical (unpaired) electrons. The van der Waals surface area contributed by atoms with Crippen LogP contribution in [-0.2, 0) is 11.4 Å². The molecule has 0 amide bonds. The van der Waals surface area contributed by atoms with Gasteiger partial charge < -0.3 is 18.9 Å². The third-order valence-corrected chi connectivity index (χ3v) is 8.36. The van der Waals surface area contributed by atoms with E-state index in [-0.39, 0.29) is 30.1 Å². The highest BCUT2D eigenvalue weighted by molar-refractivity contribution is 7.07. The van der Waals surface area contributed by atoms with Crippen LogP contribution in [0.1, 0.15) is 43.0 Å². The van der Waals surface area contributed by atoms with E-state index < -0.39 is 11.0 Å². The van der Waals surface area contributed by atoms with Crippen LogP contribution in [0.5, 0.6) is 23.0 Å². The van der Waals surface area contributed by atoms with Crippen molar-refractivity contribution in [1.82, 2.24) is 4.57 Å². The zero-order chi connectivity index (χ0) is 32.2. The second kappa shape index (κ2) is 13.2. The Morgan fingerprint density at radius 2 is 1.67 bits per heavy atom. The lowest BCUT2D eigenvalue weighted by Gasteiger charge is -2.26. The van der Waals surface area contributed by atoms with Gasteiger partial charge in [-0.05, 0) is 66.1 Å². The molecule has 3 aromatic carbocycles. The highest BCUT2D eigenvalue weighted by Crippen LogP contribution is 2.42. The first kappa shape index (κ1) is 31.2. The van der Waals surface area contributed by atoms with Crippen LogP contribution in [0.4, 0.5) is 5.69 Å². The molecule has 1 unspecified atom stereocenters. The Hall–Kier alpha value is -5.23. The average Bonchev–Trinajstić information content (AvgIpc) is 3.36. The molecule has 1 aliphatic rings. The van der Waals surface area contributed by atoms with Gasteiger partial charge in [0.2, 0.25) is 5.75 Å². The van der Waals surface area contributed by atoms with Crippen LogP contribution in [0.15, 0.2) is 81.7 Å². The van der Waals surface area contributed by atoms with Gasteiger partial charge in [-0.15, -0.1) is 0 Å². The van der Waals surface area contributed by atoms with Gasteiger partial charge in [-0.3, -0.25) is 24.3 Å². The Morgan fingerprint density at radius 1 is 1.02 bits per heavy atom. The number of methoxy groups -OCH3 is 3. The van der Waals surface area contributed by atoms with E-state index in [1.807, 2.05) is 12.1 Å². The molecule has 0 N–H and O–H groups in total. The number of ketones is 1. The predicted octanol–water partition coefficient (Wildman–Crippen LogP) is 4.73. The number of hydrogen-bond acceptors (Lipinski definition) is 10. The maximum absolute atomic E-state index is 14.0. The van der Waals surface area contributed by atoms with E-state index in [2.05, 4.69) is 4.99 Å². The van der Waals surface area contributed by atoms with Gasteiger partial charge in [-0.2, -0.15) is 0 Å². The fourth-order valence-electron chi connectivity index (χ4n) is 5.13. The van der Waals surface area contributed by atoms with Gasteiger partial charge in [-0.1, -0.05) is 30.4 Å². The van der Waals surface area contributed by atoms with Crippen LogP contribution in [0, 0.1) is 10.1 Å². The topological polar surface area (TPSA) is 131 Å². The number of Topliss-reactive ketones (excluding diaryl/α,β-unsaturated/α-hetero) is 1. The Bertz CT molecular complexity index is 1950. The highest BCUT2D eigenvalue weighted by atomic mass is 32.1. The SMILES string of the molecule is CCC(=O)C1=C(C)N=c2s/c(=C\c3ccc(OCc4ccc([N+](=O)[O-])cc4)cc3)c(=O)n2C1c1cc(OC)c(OC)c(OC)c1. The number of ether oxygens (including phenoxy) is 4. The Balaban J connectivity index is 1.51. The zero-order valence-corrected chi connectivity index (χ0v) is 26.2. The normalized spacial score (nSPS) is 14.4. The largest absolute Gasteiger partial charge is 0.493 e. The molecular formula is C33H31N3O8S. The minimum absolute atomic E-state index is 0.0199. The summed E-state index contributed by atoms with van der Waals surface area (Å²) >= 11 is 1.24. The summed E-state index contributed by atoms with van der Waals surface area (Å²) in [6, 6.07) is 16.2. The first-order chi connectivity index (χ1) is 21.7. The van der Waals surface area contributed by atoms with E-state index in [4.69, 9.17) is 18.9 Å². The smallest absolute Gasteiger partial charge is 0.271 e. The molecule has 0 saturated heterocycles. The number of nitro benzene ring substituents is 1. The van der Waals surface area contributed by atoms with Crippen LogP contribution in [0.2, 0.25) is 0 Å². The molecule has 1 aliphatic heterocycles. The second-order valence-electron chi connectivity index (χ2n) is 10.1. The van der Waals surface area contributed by atoms with Crippen molar-refractivity contribution >= 4 is 28.9 Å². The molecule has 232 valence electrons. The Kier molecular flexibility index (Phi) is 9.14. The Labute approximate surface area is 262 Å². The molecule has 5 rings (SSSR count). The summed E-state index contributed by atoms with van der Waals surface area (Å²) in [5.41, 5.74) is 2.90. The van der Waals surface area contributed by atoms with Crippen LogP contribution >= 0.6 is 11.3 Å². The summed E-state index contributed by atoms with van der Waals surface area (Å²) in [4.78, 5) is 42.8. The number of carbonyl (C=O) groups excluding carboxylic acids is 1. The average molecular weight is 630 g/mol. The number of thiazole rings is 1. The molecule has 45 heavy (non-hydrogen) atoms. The summed E-state index contributed by atoms with van der Waals surface area (Å²) in [5.74, 6) is 1.70. The zero-order valence-electron chi connectivity index (χ0n) is 25.4. The molecule has 0 saturated carbocycles. The summed E-state index contributed by atoms with van der Waals surface area (Å²) in [7, 11) is 4.53. The molecule has 0 aliphatic carbocycles. The van der Waals surface area contributed by atoms with Gasteiger partial charge in [-0.25, -0.2) is 4.99 Å². The van der Waals surface area contributed by atoms with Crippen LogP contribution in [-0.4, -0.2) is 36.6 Å². The molecule has 1 atom stereocenters. The Morgan fingerprint density at radius 3 is 2.22 bits per heavy atom. The van der Waals surface area contributed by atoms with Crippen LogP contribution in [0.25, 0.3) is 6.08 Å². The van der Waals surface area contributed by atoms with Crippen molar-refractivity contribution in [2.24, 2.45) is 4.99 Å². The first-order valence-electron chi connectivity index (χ1n) is 14.0. The van der Waals surface area contributed by atoms with E-state index in [1.165, 1.54) is 44.8 Å². The van der Waals surface area contributed by atoms with E-state index in [0.29, 0.717) is 49.2 Å². The van der Waals surface area contributed by atoms with Crippen molar-refractivity contribution in [3.63, 3.8) is 0 Å². The minimum Gasteiger partial charge on any atom is -0.493 e. The molecule has 11 nitrogen and oxygen atoms in total. The molecule has 0 bridgehead atoms. The maximum atomic E-state index is 14.0. The van der Waals surface area contributed by atoms with Crippen molar-refractivity contribution in [3.05, 3.63) is 118 Å². The number of benzene rings is 3. The maximum Gasteiger partial charge on any atom is 0.271 e. The lowest BCUT2D eigenvalue weighted by Crippen LogP contribution is -2.39. The number of non-ortho nitro benzene ring substituents is 1. The van der Waals surface area contributed by atoms with E-state index in [0.717, 1.165) is 11.1 Å². The van der Waals surface area contributed by atoms with Crippen molar-refractivity contribution in [1.29, 1.82) is 0 Å². The van der Waals surface area contributed by atoms with E-state index in [1.54, 1.807) is 60.9 Å². The number of aromatic nitrogens is 1. The molecule has 0 spiro atoms. The number of nitro groups is 1. The van der Waals surface area contributed by atoms with Gasteiger partial charge in [0, 0.05) is 29.8 Å². The number of allylic oxidation sites excluding steroid dienone is 2. The molecular weight excluding hydrogens is 598 g/mol. The summed E-state index contributed by atoms with van der Waals surface area (Å²) in [6.45, 7) is 3.80. The van der Waals surface area contributed by atoms with E-state index >= 15 is 0 Å². The number of fused-ring (bicyclic) bond motifs is 1. The lowest BCUT2D eigenvalue weighted by atomic mass is 9.91. The third kappa shape index (κ3) is 6.22. The van der Waals surface area contributed by atoms with Gasteiger partial charge in [0.1, 0.15) is 12.4 Å². The minimum atomic E-state index is -0.750. The predicted molar refractivity (Wildman–Crippen MR) is 169 cm³/mol.